The number of aryl methyl sites for hydroxylation is 2. The summed E-state index contributed by atoms with van der Waals surface area (Å²) in [5.74, 6) is -1.49. The molecule has 2 aromatic heterocycles. The quantitative estimate of drug-likeness (QED) is 0.617. The van der Waals surface area contributed by atoms with Crippen LogP contribution in [-0.4, -0.2) is 44.9 Å². The van der Waals surface area contributed by atoms with E-state index in [0.717, 1.165) is 6.07 Å². The van der Waals surface area contributed by atoms with Crippen molar-refractivity contribution in [2.45, 2.75) is 32.4 Å². The highest BCUT2D eigenvalue weighted by Crippen LogP contribution is 2.26. The predicted molar refractivity (Wildman–Crippen MR) is 110 cm³/mol. The summed E-state index contributed by atoms with van der Waals surface area (Å²) in [7, 11) is 0. The molecule has 0 spiro atoms. The van der Waals surface area contributed by atoms with Gasteiger partial charge in [0.2, 0.25) is 5.95 Å². The Kier molecular flexibility index (Phi) is 5.68. The maximum Gasteiger partial charge on any atom is 0.330 e. The number of imidazole rings is 1. The van der Waals surface area contributed by atoms with Crippen LogP contribution in [0.4, 0.5) is 20.4 Å². The number of nitrogens with zero attached hydrogens (tertiary/aromatic N) is 4. The average molecular weight is 432 g/mol. The van der Waals surface area contributed by atoms with Gasteiger partial charge in [-0.1, -0.05) is 0 Å². The first-order chi connectivity index (χ1) is 14.9. The van der Waals surface area contributed by atoms with E-state index in [1.54, 1.807) is 11.5 Å². The van der Waals surface area contributed by atoms with Gasteiger partial charge in [-0.2, -0.15) is 4.98 Å². The van der Waals surface area contributed by atoms with Crippen molar-refractivity contribution in [3.05, 3.63) is 45.8 Å². The van der Waals surface area contributed by atoms with Crippen LogP contribution in [0.1, 0.15) is 34.8 Å². The Morgan fingerprint density at radius 1 is 1.35 bits per heavy atom. The zero-order valence-corrected chi connectivity index (χ0v) is 16.9. The molecule has 0 unspecified atom stereocenters. The largest absolute Gasteiger partial charge is 0.381 e. The first-order valence-electron chi connectivity index (χ1n) is 9.89. The van der Waals surface area contributed by atoms with Gasteiger partial charge in [0.05, 0.1) is 18.3 Å². The molecule has 0 saturated carbocycles. The van der Waals surface area contributed by atoms with Crippen molar-refractivity contribution in [3.8, 4) is 0 Å². The van der Waals surface area contributed by atoms with Crippen LogP contribution in [0.15, 0.2) is 23.1 Å². The van der Waals surface area contributed by atoms with Crippen molar-refractivity contribution in [2.75, 3.05) is 25.2 Å². The van der Waals surface area contributed by atoms with E-state index in [4.69, 9.17) is 10.5 Å². The molecular weight excluding hydrogens is 410 g/mol. The number of nitrogens with one attached hydrogen (secondary N) is 1. The lowest BCUT2D eigenvalue weighted by Crippen LogP contribution is -2.31. The summed E-state index contributed by atoms with van der Waals surface area (Å²) in [4.78, 5) is 33.0. The molecule has 0 radical (unpaired) electrons. The molecule has 3 heterocycles. The highest BCUT2D eigenvalue weighted by atomic mass is 19.1. The zero-order chi connectivity index (χ0) is 22.1. The Balaban J connectivity index is 1.78. The zero-order valence-electron chi connectivity index (χ0n) is 16.9. The molecule has 0 atom stereocenters. The molecular formula is C20H22F2N6O3. The topological polar surface area (TPSA) is 117 Å². The van der Waals surface area contributed by atoms with Crippen molar-refractivity contribution in [1.82, 2.24) is 19.1 Å². The number of carbonyl (C=O) groups is 1. The second kappa shape index (κ2) is 8.42. The average Bonchev–Trinajstić information content (AvgIpc) is 3.02. The van der Waals surface area contributed by atoms with Crippen LogP contribution >= 0.6 is 0 Å². The number of nitrogens with two attached hydrogens (primary N) is 1. The first-order valence-corrected chi connectivity index (χ1v) is 9.89. The smallest absolute Gasteiger partial charge is 0.330 e. The minimum absolute atomic E-state index is 0.0966. The number of aromatic nitrogens is 4. The van der Waals surface area contributed by atoms with E-state index in [-0.39, 0.29) is 29.8 Å². The Morgan fingerprint density at radius 3 is 2.77 bits per heavy atom. The monoisotopic (exact) mass is 432 g/mol. The third-order valence-electron chi connectivity index (χ3n) is 5.40. The minimum atomic E-state index is -0.862. The van der Waals surface area contributed by atoms with E-state index in [0.29, 0.717) is 48.5 Å². The van der Waals surface area contributed by atoms with Gasteiger partial charge < -0.3 is 15.8 Å². The molecule has 4 rings (SSSR count). The summed E-state index contributed by atoms with van der Waals surface area (Å²) in [5.41, 5.74) is 6.33. The summed E-state index contributed by atoms with van der Waals surface area (Å²) >= 11 is 0. The summed E-state index contributed by atoms with van der Waals surface area (Å²) in [6.45, 7) is 1.93. The summed E-state index contributed by atoms with van der Waals surface area (Å²) in [6, 6.07) is 2.36. The predicted octanol–water partition coefficient (Wildman–Crippen LogP) is 2.20. The molecule has 1 aromatic carbocycles. The van der Waals surface area contributed by atoms with Crippen molar-refractivity contribution in [1.29, 1.82) is 0 Å². The number of ether oxygens (including phenoxy) is 1. The molecule has 1 fully saturated rings. The maximum atomic E-state index is 14.2. The number of fused-ring (bicyclic) bond motifs is 1. The minimum Gasteiger partial charge on any atom is -0.381 e. The Hall–Kier alpha value is -3.34. The summed E-state index contributed by atoms with van der Waals surface area (Å²) < 4.78 is 35.5. The standard InChI is InChI=1S/C20H22F2N6O3/c1-11-8-13(17(23)29)14(22)9-15(11)25-19-24-10-16-18(26-19)28(12-2-6-31-7-3-12)20(30)27(16)5-4-21/h8-10,12H,2-7H2,1H3,(H2,23,29)(H,24,25,26). The number of halogens is 2. The van der Waals surface area contributed by atoms with Crippen LogP contribution in [0.25, 0.3) is 11.2 Å². The van der Waals surface area contributed by atoms with Gasteiger partial charge in [0.1, 0.15) is 18.0 Å². The molecule has 1 amide bonds. The molecule has 1 saturated heterocycles. The number of amides is 1. The lowest BCUT2D eigenvalue weighted by atomic mass is 10.1. The maximum absolute atomic E-state index is 14.2. The molecule has 1 aliphatic rings. The molecule has 9 nitrogen and oxygen atoms in total. The number of benzene rings is 1. The fourth-order valence-corrected chi connectivity index (χ4v) is 3.82. The van der Waals surface area contributed by atoms with Gasteiger partial charge in [-0.25, -0.2) is 18.6 Å². The summed E-state index contributed by atoms with van der Waals surface area (Å²) in [6.07, 6.45) is 2.72. The lowest BCUT2D eigenvalue weighted by molar-refractivity contribution is 0.0694. The third kappa shape index (κ3) is 3.88. The molecule has 31 heavy (non-hydrogen) atoms. The van der Waals surface area contributed by atoms with Crippen molar-refractivity contribution in [2.24, 2.45) is 5.73 Å². The van der Waals surface area contributed by atoms with Crippen LogP contribution in [-0.2, 0) is 11.3 Å². The number of hydrogen-bond donors (Lipinski definition) is 2. The van der Waals surface area contributed by atoms with Gasteiger partial charge in [-0.3, -0.25) is 13.9 Å². The molecule has 164 valence electrons. The number of carbonyl (C=O) groups excluding carboxylic acids is 1. The number of alkyl halides is 1. The molecule has 0 bridgehead atoms. The molecule has 0 aliphatic carbocycles. The van der Waals surface area contributed by atoms with Crippen molar-refractivity contribution >= 4 is 28.7 Å². The Labute approximate surface area is 175 Å². The second-order valence-electron chi connectivity index (χ2n) is 7.38. The Morgan fingerprint density at radius 2 is 2.10 bits per heavy atom. The molecule has 3 N–H and O–H groups in total. The second-order valence-corrected chi connectivity index (χ2v) is 7.38. The van der Waals surface area contributed by atoms with Gasteiger partial charge in [-0.05, 0) is 37.5 Å². The number of rotatable bonds is 6. The Bertz CT molecular complexity index is 1200. The van der Waals surface area contributed by atoms with E-state index in [1.165, 1.54) is 16.8 Å². The van der Waals surface area contributed by atoms with Gasteiger partial charge in [0.25, 0.3) is 5.91 Å². The molecule has 3 aromatic rings. The molecule has 1 aliphatic heterocycles. The number of primary amides is 1. The van der Waals surface area contributed by atoms with Gasteiger partial charge in [0.15, 0.2) is 5.65 Å². The number of hydrogen-bond acceptors (Lipinski definition) is 6. The van der Waals surface area contributed by atoms with Crippen LogP contribution in [0.5, 0.6) is 0 Å². The van der Waals surface area contributed by atoms with Gasteiger partial charge in [-0.15, -0.1) is 0 Å². The third-order valence-corrected chi connectivity index (χ3v) is 5.40. The van der Waals surface area contributed by atoms with Crippen molar-refractivity contribution < 1.29 is 18.3 Å². The van der Waals surface area contributed by atoms with Gasteiger partial charge >= 0.3 is 5.69 Å². The fourth-order valence-electron chi connectivity index (χ4n) is 3.82. The van der Waals surface area contributed by atoms with Gasteiger partial charge in [0, 0.05) is 24.9 Å². The van der Waals surface area contributed by atoms with Crippen LogP contribution in [0.3, 0.4) is 0 Å². The van der Waals surface area contributed by atoms with E-state index in [9.17, 15) is 18.4 Å². The molecule has 11 heteroatoms. The first kappa shape index (κ1) is 20.9. The summed E-state index contributed by atoms with van der Waals surface area (Å²) in [5, 5.41) is 2.92. The highest BCUT2D eigenvalue weighted by Gasteiger charge is 2.24. The van der Waals surface area contributed by atoms with Crippen LogP contribution < -0.4 is 16.7 Å². The SMILES string of the molecule is Cc1cc(C(N)=O)c(F)cc1Nc1ncc2c(n1)n(C1CCOCC1)c(=O)n2CCF. The van der Waals surface area contributed by atoms with Crippen molar-refractivity contribution in [3.63, 3.8) is 0 Å². The fraction of sp³-hybridized carbons (Fsp3) is 0.400. The van der Waals surface area contributed by atoms with E-state index in [2.05, 4.69) is 15.3 Å². The number of anilines is 2. The van der Waals surface area contributed by atoms with Crippen LogP contribution in [0.2, 0.25) is 0 Å². The van der Waals surface area contributed by atoms with Crippen LogP contribution in [0, 0.1) is 12.7 Å². The van der Waals surface area contributed by atoms with E-state index >= 15 is 0 Å². The van der Waals surface area contributed by atoms with E-state index < -0.39 is 18.4 Å². The normalized spacial score (nSPS) is 14.8. The van der Waals surface area contributed by atoms with E-state index in [1.807, 2.05) is 0 Å². The lowest BCUT2D eigenvalue weighted by Gasteiger charge is -2.22. The highest BCUT2D eigenvalue weighted by molar-refractivity contribution is 5.94.